The largest absolute Gasteiger partial charge is 0.494 e. The van der Waals surface area contributed by atoms with Gasteiger partial charge >= 0.3 is 0 Å². The van der Waals surface area contributed by atoms with Gasteiger partial charge in [0.25, 0.3) is 15.9 Å². The van der Waals surface area contributed by atoms with Gasteiger partial charge in [0.1, 0.15) is 12.3 Å². The summed E-state index contributed by atoms with van der Waals surface area (Å²) in [5.41, 5.74) is 3.53. The van der Waals surface area contributed by atoms with E-state index in [-0.39, 0.29) is 11.5 Å². The van der Waals surface area contributed by atoms with Gasteiger partial charge in [0.2, 0.25) is 0 Å². The molecule has 3 rings (SSSR count). The summed E-state index contributed by atoms with van der Waals surface area (Å²) >= 11 is 0. The van der Waals surface area contributed by atoms with Crippen LogP contribution in [0.4, 0.5) is 5.69 Å². The molecular formula is C23H24N2O5S. The lowest BCUT2D eigenvalue weighted by Crippen LogP contribution is -2.40. The summed E-state index contributed by atoms with van der Waals surface area (Å²) in [5, 5.41) is 0. The van der Waals surface area contributed by atoms with E-state index in [1.807, 2.05) is 37.3 Å². The van der Waals surface area contributed by atoms with Crippen LogP contribution >= 0.6 is 0 Å². The highest BCUT2D eigenvalue weighted by molar-refractivity contribution is 7.92. The summed E-state index contributed by atoms with van der Waals surface area (Å²) < 4.78 is 33.0. The number of anilines is 1. The molecule has 0 aliphatic heterocycles. The molecule has 7 nitrogen and oxygen atoms in total. The molecular weight excluding hydrogens is 416 g/mol. The molecule has 0 atom stereocenters. The number of nitrogens with zero attached hydrogens (tertiary/aromatic N) is 1. The van der Waals surface area contributed by atoms with Crippen molar-refractivity contribution in [2.45, 2.75) is 18.4 Å². The van der Waals surface area contributed by atoms with Crippen molar-refractivity contribution in [3.05, 3.63) is 90.5 Å². The maximum Gasteiger partial charge on any atom is 0.264 e. The summed E-state index contributed by atoms with van der Waals surface area (Å²) in [4.78, 5) is 17.8. The molecule has 0 saturated heterocycles. The lowest BCUT2D eigenvalue weighted by Gasteiger charge is -2.24. The average molecular weight is 441 g/mol. The summed E-state index contributed by atoms with van der Waals surface area (Å²) in [6, 6.07) is 23.8. The smallest absolute Gasteiger partial charge is 0.264 e. The van der Waals surface area contributed by atoms with Crippen molar-refractivity contribution in [3.63, 3.8) is 0 Å². The molecule has 0 aliphatic rings. The number of rotatable bonds is 10. The number of carbonyl (C=O) groups excluding carboxylic acids is 1. The summed E-state index contributed by atoms with van der Waals surface area (Å²) in [6.07, 6.45) is 0. The van der Waals surface area contributed by atoms with Crippen LogP contribution < -0.4 is 14.5 Å². The second-order valence-corrected chi connectivity index (χ2v) is 8.41. The minimum Gasteiger partial charge on any atom is -0.494 e. The van der Waals surface area contributed by atoms with Crippen LogP contribution in [0.5, 0.6) is 5.75 Å². The number of benzene rings is 3. The topological polar surface area (TPSA) is 84.9 Å². The third-order valence-electron chi connectivity index (χ3n) is 4.32. The third-order valence-corrected chi connectivity index (χ3v) is 6.11. The fourth-order valence-corrected chi connectivity index (χ4v) is 4.29. The van der Waals surface area contributed by atoms with Gasteiger partial charge in [0.05, 0.1) is 23.8 Å². The third kappa shape index (κ3) is 6.07. The van der Waals surface area contributed by atoms with E-state index in [1.165, 1.54) is 12.1 Å². The van der Waals surface area contributed by atoms with Gasteiger partial charge in [0, 0.05) is 0 Å². The van der Waals surface area contributed by atoms with E-state index in [9.17, 15) is 13.2 Å². The summed E-state index contributed by atoms with van der Waals surface area (Å²) in [7, 11) is -3.98. The predicted molar refractivity (Wildman–Crippen MR) is 118 cm³/mol. The predicted octanol–water partition coefficient (Wildman–Crippen LogP) is 3.53. The highest BCUT2D eigenvalue weighted by atomic mass is 32.2. The first-order valence-electron chi connectivity index (χ1n) is 9.76. The molecule has 31 heavy (non-hydrogen) atoms. The van der Waals surface area contributed by atoms with Crippen LogP contribution in [0, 0.1) is 0 Å². The van der Waals surface area contributed by atoms with Gasteiger partial charge in [-0.05, 0) is 48.9 Å². The molecule has 3 aromatic carbocycles. The van der Waals surface area contributed by atoms with Gasteiger partial charge in [-0.2, -0.15) is 0 Å². The van der Waals surface area contributed by atoms with E-state index >= 15 is 0 Å². The Morgan fingerprint density at radius 1 is 0.903 bits per heavy atom. The zero-order chi connectivity index (χ0) is 22.1. The molecule has 0 aromatic heterocycles. The highest BCUT2D eigenvalue weighted by Crippen LogP contribution is 2.25. The maximum atomic E-state index is 13.2. The van der Waals surface area contributed by atoms with Crippen molar-refractivity contribution in [3.8, 4) is 5.75 Å². The molecule has 0 heterocycles. The summed E-state index contributed by atoms with van der Waals surface area (Å²) in [6.45, 7) is 2.08. The van der Waals surface area contributed by atoms with Crippen molar-refractivity contribution in [1.82, 2.24) is 5.48 Å². The SMILES string of the molecule is CCOc1ccc(N(CC(=O)NOCc2ccccc2)S(=O)(=O)c2ccccc2)cc1. The van der Waals surface area contributed by atoms with Crippen LogP contribution in [0.2, 0.25) is 0 Å². The number of hydroxylamine groups is 1. The van der Waals surface area contributed by atoms with Crippen LogP contribution in [-0.2, 0) is 26.3 Å². The van der Waals surface area contributed by atoms with Crippen molar-refractivity contribution >= 4 is 21.6 Å². The molecule has 0 bridgehead atoms. The van der Waals surface area contributed by atoms with E-state index in [4.69, 9.17) is 9.57 Å². The lowest BCUT2D eigenvalue weighted by molar-refractivity contribution is -0.132. The Hall–Kier alpha value is -3.36. The summed E-state index contributed by atoms with van der Waals surface area (Å²) in [5.74, 6) is 0.0169. The Labute approximate surface area is 182 Å². The number of carbonyl (C=O) groups is 1. The quantitative estimate of drug-likeness (QED) is 0.488. The highest BCUT2D eigenvalue weighted by Gasteiger charge is 2.27. The van der Waals surface area contributed by atoms with Crippen LogP contribution in [0.15, 0.2) is 89.8 Å². The fourth-order valence-electron chi connectivity index (χ4n) is 2.85. The van der Waals surface area contributed by atoms with Crippen LogP contribution in [-0.4, -0.2) is 27.5 Å². The van der Waals surface area contributed by atoms with Gasteiger partial charge in [-0.1, -0.05) is 48.5 Å². The van der Waals surface area contributed by atoms with Crippen LogP contribution in [0.25, 0.3) is 0 Å². The normalized spacial score (nSPS) is 11.0. The molecule has 0 aliphatic carbocycles. The molecule has 8 heteroatoms. The van der Waals surface area contributed by atoms with E-state index in [0.717, 1.165) is 9.87 Å². The molecule has 162 valence electrons. The Balaban J connectivity index is 1.77. The minimum atomic E-state index is -3.98. The van der Waals surface area contributed by atoms with Crippen LogP contribution in [0.1, 0.15) is 12.5 Å². The Morgan fingerprint density at radius 3 is 2.13 bits per heavy atom. The maximum absolute atomic E-state index is 13.2. The molecule has 0 fully saturated rings. The number of amides is 1. The molecule has 0 saturated carbocycles. The van der Waals surface area contributed by atoms with Gasteiger partial charge in [-0.15, -0.1) is 0 Å². The number of hydrogen-bond acceptors (Lipinski definition) is 5. The Bertz CT molecular complexity index is 1070. The van der Waals surface area contributed by atoms with Crippen molar-refractivity contribution in [2.75, 3.05) is 17.5 Å². The molecule has 1 amide bonds. The standard InChI is InChI=1S/C23H24N2O5S/c1-2-29-21-15-13-20(14-16-21)25(31(27,28)22-11-7-4-8-12-22)17-23(26)24-30-18-19-9-5-3-6-10-19/h3-16H,2,17-18H2,1H3,(H,24,26). The molecule has 0 radical (unpaired) electrons. The van der Waals surface area contributed by atoms with Crippen molar-refractivity contribution in [2.24, 2.45) is 0 Å². The van der Waals surface area contributed by atoms with E-state index < -0.39 is 22.5 Å². The molecule has 3 aromatic rings. The van der Waals surface area contributed by atoms with Crippen LogP contribution in [0.3, 0.4) is 0 Å². The fraction of sp³-hybridized carbons (Fsp3) is 0.174. The van der Waals surface area contributed by atoms with Gasteiger partial charge in [-0.3, -0.25) is 13.9 Å². The van der Waals surface area contributed by atoms with E-state index in [0.29, 0.717) is 18.0 Å². The van der Waals surface area contributed by atoms with Gasteiger partial charge < -0.3 is 4.74 Å². The van der Waals surface area contributed by atoms with Gasteiger partial charge in [-0.25, -0.2) is 13.9 Å². The minimum absolute atomic E-state index is 0.0851. The zero-order valence-electron chi connectivity index (χ0n) is 17.1. The zero-order valence-corrected chi connectivity index (χ0v) is 17.9. The monoisotopic (exact) mass is 440 g/mol. The Morgan fingerprint density at radius 2 is 1.52 bits per heavy atom. The first-order chi connectivity index (χ1) is 15.0. The van der Waals surface area contributed by atoms with Gasteiger partial charge in [0.15, 0.2) is 0 Å². The van der Waals surface area contributed by atoms with E-state index in [2.05, 4.69) is 5.48 Å². The Kier molecular flexibility index (Phi) is 7.64. The van der Waals surface area contributed by atoms with Crippen molar-refractivity contribution < 1.29 is 22.8 Å². The van der Waals surface area contributed by atoms with Crippen molar-refractivity contribution in [1.29, 1.82) is 0 Å². The first-order valence-corrected chi connectivity index (χ1v) is 11.2. The first kappa shape index (κ1) is 22.3. The number of ether oxygens (including phenoxy) is 1. The molecule has 1 N–H and O–H groups in total. The number of sulfonamides is 1. The average Bonchev–Trinajstić information content (AvgIpc) is 2.79. The molecule has 0 unspecified atom stereocenters. The lowest BCUT2D eigenvalue weighted by atomic mass is 10.2. The van der Waals surface area contributed by atoms with E-state index in [1.54, 1.807) is 42.5 Å². The number of hydrogen-bond donors (Lipinski definition) is 1. The molecule has 0 spiro atoms. The second-order valence-electron chi connectivity index (χ2n) is 6.55. The number of nitrogens with one attached hydrogen (secondary N) is 1. The second kappa shape index (κ2) is 10.6.